The van der Waals surface area contributed by atoms with Gasteiger partial charge in [0, 0.05) is 19.2 Å². The Hall–Kier alpha value is -2.00. The maximum absolute atomic E-state index is 6.16. The number of ether oxygens (including phenoxy) is 2. The number of fused-ring (bicyclic) bond motifs is 1. The van der Waals surface area contributed by atoms with Crippen LogP contribution in [-0.4, -0.2) is 31.7 Å². The van der Waals surface area contributed by atoms with E-state index in [1.165, 1.54) is 11.1 Å². The maximum Gasteiger partial charge on any atom is 0.126 e. The molecule has 0 saturated carbocycles. The first kappa shape index (κ1) is 14.9. The molecule has 3 rings (SSSR count). The number of methoxy groups -OCH3 is 1. The van der Waals surface area contributed by atoms with E-state index in [0.717, 1.165) is 37.4 Å². The van der Waals surface area contributed by atoms with Crippen LogP contribution in [0.3, 0.4) is 0 Å². The van der Waals surface area contributed by atoms with Gasteiger partial charge < -0.3 is 9.47 Å². The SMILES string of the molecule is COc1ccc2c(c1)O[C@H](CN(C)Cc1ccccc1)CC2. The van der Waals surface area contributed by atoms with Crippen LogP contribution in [0.2, 0.25) is 0 Å². The number of hydrogen-bond acceptors (Lipinski definition) is 3. The molecule has 2 aromatic rings. The molecule has 0 radical (unpaired) electrons. The molecule has 116 valence electrons. The molecule has 0 aromatic heterocycles. The molecule has 1 atom stereocenters. The minimum atomic E-state index is 0.244. The van der Waals surface area contributed by atoms with Crippen LogP contribution in [0, 0.1) is 0 Å². The zero-order valence-electron chi connectivity index (χ0n) is 13.3. The fraction of sp³-hybridized carbons (Fsp3) is 0.368. The van der Waals surface area contributed by atoms with Crippen LogP contribution in [0.5, 0.6) is 11.5 Å². The van der Waals surface area contributed by atoms with Crippen LogP contribution in [-0.2, 0) is 13.0 Å². The van der Waals surface area contributed by atoms with Crippen LogP contribution >= 0.6 is 0 Å². The fourth-order valence-corrected chi connectivity index (χ4v) is 2.97. The summed E-state index contributed by atoms with van der Waals surface area (Å²) in [6.45, 7) is 1.89. The normalized spacial score (nSPS) is 17.0. The second-order valence-corrected chi connectivity index (χ2v) is 5.93. The monoisotopic (exact) mass is 297 g/mol. The highest BCUT2D eigenvalue weighted by Gasteiger charge is 2.21. The van der Waals surface area contributed by atoms with Crippen molar-refractivity contribution in [2.45, 2.75) is 25.5 Å². The van der Waals surface area contributed by atoms with Gasteiger partial charge in [0.2, 0.25) is 0 Å². The molecular formula is C19H23NO2. The molecule has 1 aliphatic heterocycles. The van der Waals surface area contributed by atoms with E-state index in [0.29, 0.717) is 0 Å². The molecule has 0 amide bonds. The first-order valence-corrected chi connectivity index (χ1v) is 7.80. The van der Waals surface area contributed by atoms with E-state index in [1.807, 2.05) is 12.1 Å². The summed E-state index contributed by atoms with van der Waals surface area (Å²) in [5.74, 6) is 1.83. The zero-order valence-corrected chi connectivity index (χ0v) is 13.3. The summed E-state index contributed by atoms with van der Waals surface area (Å²) in [6, 6.07) is 16.7. The predicted molar refractivity (Wildman–Crippen MR) is 88.5 cm³/mol. The number of nitrogens with zero attached hydrogens (tertiary/aromatic N) is 1. The lowest BCUT2D eigenvalue weighted by Gasteiger charge is -2.29. The average molecular weight is 297 g/mol. The van der Waals surface area contributed by atoms with Crippen LogP contribution in [0.4, 0.5) is 0 Å². The number of benzene rings is 2. The molecule has 0 aliphatic carbocycles. The third-order valence-electron chi connectivity index (χ3n) is 4.11. The Morgan fingerprint density at radius 2 is 2.00 bits per heavy atom. The van der Waals surface area contributed by atoms with Crippen molar-refractivity contribution >= 4 is 0 Å². The van der Waals surface area contributed by atoms with Gasteiger partial charge in [-0.25, -0.2) is 0 Å². The van der Waals surface area contributed by atoms with E-state index in [4.69, 9.17) is 9.47 Å². The number of likely N-dealkylation sites (N-methyl/N-ethyl adjacent to an activating group) is 1. The molecule has 22 heavy (non-hydrogen) atoms. The lowest BCUT2D eigenvalue weighted by Crippen LogP contribution is -2.35. The quantitative estimate of drug-likeness (QED) is 0.843. The summed E-state index contributed by atoms with van der Waals surface area (Å²) in [5.41, 5.74) is 2.62. The summed E-state index contributed by atoms with van der Waals surface area (Å²) in [4.78, 5) is 2.32. The second-order valence-electron chi connectivity index (χ2n) is 5.93. The van der Waals surface area contributed by atoms with Gasteiger partial charge in [-0.2, -0.15) is 0 Å². The second kappa shape index (κ2) is 6.84. The highest BCUT2D eigenvalue weighted by Crippen LogP contribution is 2.31. The first-order chi connectivity index (χ1) is 10.7. The van der Waals surface area contributed by atoms with Crippen molar-refractivity contribution in [3.05, 3.63) is 59.7 Å². The molecule has 0 spiro atoms. The van der Waals surface area contributed by atoms with E-state index in [2.05, 4.69) is 48.3 Å². The largest absolute Gasteiger partial charge is 0.497 e. The van der Waals surface area contributed by atoms with E-state index in [9.17, 15) is 0 Å². The first-order valence-electron chi connectivity index (χ1n) is 7.80. The van der Waals surface area contributed by atoms with Crippen LogP contribution in [0.1, 0.15) is 17.5 Å². The molecule has 0 N–H and O–H groups in total. The third kappa shape index (κ3) is 3.60. The Balaban J connectivity index is 1.60. The zero-order chi connectivity index (χ0) is 15.4. The fourth-order valence-electron chi connectivity index (χ4n) is 2.97. The van der Waals surface area contributed by atoms with E-state index in [1.54, 1.807) is 7.11 Å². The molecule has 1 heterocycles. The Morgan fingerprint density at radius 1 is 1.18 bits per heavy atom. The van der Waals surface area contributed by atoms with Crippen molar-refractivity contribution in [3.63, 3.8) is 0 Å². The summed E-state index contributed by atoms with van der Waals surface area (Å²) in [7, 11) is 3.84. The summed E-state index contributed by atoms with van der Waals surface area (Å²) < 4.78 is 11.4. The topological polar surface area (TPSA) is 21.7 Å². The van der Waals surface area contributed by atoms with Crippen molar-refractivity contribution in [2.75, 3.05) is 20.7 Å². The minimum Gasteiger partial charge on any atom is -0.497 e. The maximum atomic E-state index is 6.16. The van der Waals surface area contributed by atoms with E-state index >= 15 is 0 Å². The molecule has 3 heteroatoms. The Labute approximate surface area is 132 Å². The Morgan fingerprint density at radius 3 is 2.77 bits per heavy atom. The van der Waals surface area contributed by atoms with Gasteiger partial charge in [0.05, 0.1) is 7.11 Å². The van der Waals surface area contributed by atoms with Gasteiger partial charge in [0.25, 0.3) is 0 Å². The minimum absolute atomic E-state index is 0.244. The van der Waals surface area contributed by atoms with Gasteiger partial charge in [-0.3, -0.25) is 4.90 Å². The van der Waals surface area contributed by atoms with Crippen molar-refractivity contribution < 1.29 is 9.47 Å². The number of hydrogen-bond donors (Lipinski definition) is 0. The lowest BCUT2D eigenvalue weighted by molar-refractivity contribution is 0.124. The standard InChI is InChI=1S/C19H23NO2/c1-20(13-15-6-4-3-5-7-15)14-18-11-9-16-8-10-17(21-2)12-19(16)22-18/h3-8,10,12,18H,9,11,13-14H2,1-2H3/t18-/m0/s1. The Bertz CT molecular complexity index is 612. The van der Waals surface area contributed by atoms with E-state index in [-0.39, 0.29) is 6.10 Å². The lowest BCUT2D eigenvalue weighted by atomic mass is 10.0. The smallest absolute Gasteiger partial charge is 0.126 e. The molecule has 0 unspecified atom stereocenters. The molecular weight excluding hydrogens is 274 g/mol. The van der Waals surface area contributed by atoms with E-state index < -0.39 is 0 Å². The van der Waals surface area contributed by atoms with Crippen LogP contribution < -0.4 is 9.47 Å². The molecule has 0 bridgehead atoms. The van der Waals surface area contributed by atoms with Crippen molar-refractivity contribution in [3.8, 4) is 11.5 Å². The number of rotatable bonds is 5. The summed E-state index contributed by atoms with van der Waals surface area (Å²) >= 11 is 0. The van der Waals surface area contributed by atoms with Gasteiger partial charge in [-0.05, 0) is 37.1 Å². The predicted octanol–water partition coefficient (Wildman–Crippen LogP) is 3.52. The van der Waals surface area contributed by atoms with Crippen molar-refractivity contribution in [1.82, 2.24) is 4.90 Å². The molecule has 0 fully saturated rings. The Kier molecular flexibility index (Phi) is 4.64. The van der Waals surface area contributed by atoms with Crippen LogP contribution in [0.15, 0.2) is 48.5 Å². The molecule has 1 aliphatic rings. The third-order valence-corrected chi connectivity index (χ3v) is 4.11. The molecule has 0 saturated heterocycles. The number of aryl methyl sites for hydroxylation is 1. The van der Waals surface area contributed by atoms with Crippen molar-refractivity contribution in [2.24, 2.45) is 0 Å². The highest BCUT2D eigenvalue weighted by atomic mass is 16.5. The highest BCUT2D eigenvalue weighted by molar-refractivity contribution is 5.42. The summed E-state index contributed by atoms with van der Waals surface area (Å²) in [5, 5.41) is 0. The van der Waals surface area contributed by atoms with Crippen LogP contribution in [0.25, 0.3) is 0 Å². The van der Waals surface area contributed by atoms with Gasteiger partial charge in [-0.1, -0.05) is 36.4 Å². The van der Waals surface area contributed by atoms with Gasteiger partial charge in [-0.15, -0.1) is 0 Å². The van der Waals surface area contributed by atoms with Gasteiger partial charge in [0.15, 0.2) is 0 Å². The molecule has 3 nitrogen and oxygen atoms in total. The van der Waals surface area contributed by atoms with Gasteiger partial charge in [0.1, 0.15) is 17.6 Å². The summed E-state index contributed by atoms with van der Waals surface area (Å²) in [6.07, 6.45) is 2.38. The van der Waals surface area contributed by atoms with Gasteiger partial charge >= 0.3 is 0 Å². The van der Waals surface area contributed by atoms with Crippen molar-refractivity contribution in [1.29, 1.82) is 0 Å². The molecule has 2 aromatic carbocycles. The average Bonchev–Trinajstić information content (AvgIpc) is 2.55.